The predicted molar refractivity (Wildman–Crippen MR) is 69.3 cm³/mol. The van der Waals surface area contributed by atoms with Crippen LogP contribution < -0.4 is 11.4 Å². The van der Waals surface area contributed by atoms with E-state index in [2.05, 4.69) is 4.98 Å². The third-order valence-corrected chi connectivity index (χ3v) is 2.83. The van der Waals surface area contributed by atoms with Gasteiger partial charge in [0, 0.05) is 12.1 Å². The summed E-state index contributed by atoms with van der Waals surface area (Å²) in [6, 6.07) is 1.45. The highest BCUT2D eigenvalue weighted by Crippen LogP contribution is 2.33. The second-order valence-corrected chi connectivity index (χ2v) is 4.02. The molecule has 0 aromatic carbocycles. The number of aromatic nitrogens is 2. The Morgan fingerprint density at radius 1 is 1.63 bits per heavy atom. The average Bonchev–Trinajstić information content (AvgIpc) is 2.84. The zero-order valence-corrected chi connectivity index (χ0v) is 11.1. The lowest BCUT2D eigenvalue weighted by molar-refractivity contribution is -0.0374. The van der Waals surface area contributed by atoms with Crippen molar-refractivity contribution < 1.29 is 14.2 Å². The Morgan fingerprint density at radius 2 is 2.32 bits per heavy atom. The Morgan fingerprint density at radius 3 is 2.84 bits per heavy atom. The van der Waals surface area contributed by atoms with Gasteiger partial charge in [-0.2, -0.15) is 4.98 Å². The summed E-state index contributed by atoms with van der Waals surface area (Å²) in [7, 11) is 0. The molecule has 1 aliphatic rings. The summed E-state index contributed by atoms with van der Waals surface area (Å²) >= 11 is 0. The normalized spacial score (nSPS) is 25.8. The van der Waals surface area contributed by atoms with Crippen molar-refractivity contribution in [3.63, 3.8) is 0 Å². The molecule has 3 unspecified atom stereocenters. The summed E-state index contributed by atoms with van der Waals surface area (Å²) < 4.78 is 19.5. The lowest BCUT2D eigenvalue weighted by atomic mass is 10.1. The smallest absolute Gasteiger partial charge is 0.351 e. The van der Waals surface area contributed by atoms with Gasteiger partial charge in [-0.3, -0.25) is 8.96 Å². The molecule has 1 aromatic heterocycles. The van der Waals surface area contributed by atoms with Crippen molar-refractivity contribution in [1.29, 1.82) is 0 Å². The van der Waals surface area contributed by atoms with Gasteiger partial charge in [0.1, 0.15) is 12.0 Å². The Labute approximate surface area is 111 Å². The molecule has 7 heteroatoms. The van der Waals surface area contributed by atoms with E-state index in [9.17, 15) is 9.18 Å². The van der Waals surface area contributed by atoms with E-state index >= 15 is 0 Å². The minimum absolute atomic E-state index is 0.111. The molecule has 108 valence electrons. The van der Waals surface area contributed by atoms with E-state index in [1.54, 1.807) is 0 Å². The van der Waals surface area contributed by atoms with Gasteiger partial charge in [-0.15, -0.1) is 0 Å². The zero-order chi connectivity index (χ0) is 14.4. The zero-order valence-electron chi connectivity index (χ0n) is 11.1. The molecule has 0 saturated carbocycles. The largest absolute Gasteiger partial charge is 0.394 e. The van der Waals surface area contributed by atoms with Crippen LogP contribution >= 0.6 is 0 Å². The number of rotatable bonds is 3. The van der Waals surface area contributed by atoms with Crippen LogP contribution in [0.15, 0.2) is 17.1 Å². The molecule has 1 saturated heterocycles. The Bertz CT molecular complexity index is 452. The number of alkyl halides is 1. The first-order valence-corrected chi connectivity index (χ1v) is 6.32. The van der Waals surface area contributed by atoms with Gasteiger partial charge in [0.05, 0.1) is 19.4 Å². The van der Waals surface area contributed by atoms with Crippen LogP contribution in [0.2, 0.25) is 0 Å². The van der Waals surface area contributed by atoms with Crippen LogP contribution in [0.5, 0.6) is 0 Å². The lowest BCUT2D eigenvalue weighted by Crippen LogP contribution is -2.30. The van der Waals surface area contributed by atoms with Crippen molar-refractivity contribution in [1.82, 2.24) is 9.55 Å². The van der Waals surface area contributed by atoms with Crippen molar-refractivity contribution in [2.45, 2.75) is 32.6 Å². The number of anilines is 1. The molecule has 1 fully saturated rings. The standard InChI is InChI=1S/C10H14FN3O3.C2H6/c11-4-6-3-7(5-15)17-9(6)14-2-1-8(12)13-10(14)16;1-2/h1-2,6-7,9,15H,3-5H2,(H2,12,13,16);1-2H3. The molecular weight excluding hydrogens is 253 g/mol. The number of aliphatic hydroxyl groups is 1. The lowest BCUT2D eigenvalue weighted by Gasteiger charge is -2.18. The summed E-state index contributed by atoms with van der Waals surface area (Å²) in [6.07, 6.45) is 0.648. The topological polar surface area (TPSA) is 90.4 Å². The molecule has 0 bridgehead atoms. The third kappa shape index (κ3) is 3.51. The molecule has 1 aromatic rings. The monoisotopic (exact) mass is 273 g/mol. The van der Waals surface area contributed by atoms with E-state index in [0.717, 1.165) is 0 Å². The van der Waals surface area contributed by atoms with Gasteiger partial charge >= 0.3 is 5.69 Å². The fourth-order valence-electron chi connectivity index (χ4n) is 1.99. The maximum atomic E-state index is 12.8. The highest BCUT2D eigenvalue weighted by atomic mass is 19.1. The summed E-state index contributed by atoms with van der Waals surface area (Å²) in [5.41, 5.74) is 4.79. The number of ether oxygens (including phenoxy) is 1. The number of nitrogen functional groups attached to an aromatic ring is 1. The number of nitrogens with zero attached hydrogens (tertiary/aromatic N) is 2. The number of hydrogen-bond acceptors (Lipinski definition) is 5. The van der Waals surface area contributed by atoms with Gasteiger partial charge in [0.2, 0.25) is 0 Å². The van der Waals surface area contributed by atoms with Crippen molar-refractivity contribution in [3.8, 4) is 0 Å². The second-order valence-electron chi connectivity index (χ2n) is 4.02. The Hall–Kier alpha value is -1.47. The quantitative estimate of drug-likeness (QED) is 0.846. The number of nitrogens with two attached hydrogens (primary N) is 1. The molecule has 2 rings (SSSR count). The van der Waals surface area contributed by atoms with Gasteiger partial charge in [-0.25, -0.2) is 4.79 Å². The fourth-order valence-corrected chi connectivity index (χ4v) is 1.99. The van der Waals surface area contributed by atoms with Crippen LogP contribution in [0.25, 0.3) is 0 Å². The van der Waals surface area contributed by atoms with E-state index in [4.69, 9.17) is 15.6 Å². The second kappa shape index (κ2) is 7.20. The van der Waals surface area contributed by atoms with Crippen LogP contribution in [0.4, 0.5) is 10.2 Å². The van der Waals surface area contributed by atoms with Crippen molar-refractivity contribution in [3.05, 3.63) is 22.7 Å². The molecule has 0 spiro atoms. The Balaban J connectivity index is 0.000000861. The minimum Gasteiger partial charge on any atom is -0.394 e. The molecule has 0 aliphatic carbocycles. The maximum Gasteiger partial charge on any atom is 0.351 e. The van der Waals surface area contributed by atoms with E-state index in [1.807, 2.05) is 13.8 Å². The molecule has 3 atom stereocenters. The molecular formula is C12H20FN3O3. The van der Waals surface area contributed by atoms with Crippen LogP contribution in [0.1, 0.15) is 26.5 Å². The third-order valence-electron chi connectivity index (χ3n) is 2.83. The highest BCUT2D eigenvalue weighted by molar-refractivity contribution is 5.23. The molecule has 19 heavy (non-hydrogen) atoms. The van der Waals surface area contributed by atoms with Crippen molar-refractivity contribution in [2.75, 3.05) is 19.0 Å². The summed E-state index contributed by atoms with van der Waals surface area (Å²) in [4.78, 5) is 15.1. The van der Waals surface area contributed by atoms with Crippen LogP contribution in [0.3, 0.4) is 0 Å². The minimum atomic E-state index is -0.724. The van der Waals surface area contributed by atoms with Crippen LogP contribution in [-0.4, -0.2) is 34.0 Å². The molecule has 2 heterocycles. The molecule has 6 nitrogen and oxygen atoms in total. The number of hydrogen-bond donors (Lipinski definition) is 2. The Kier molecular flexibility index (Phi) is 5.91. The first-order valence-electron chi connectivity index (χ1n) is 6.32. The van der Waals surface area contributed by atoms with Crippen LogP contribution in [-0.2, 0) is 4.74 Å². The fraction of sp³-hybridized carbons (Fsp3) is 0.667. The van der Waals surface area contributed by atoms with Crippen molar-refractivity contribution in [2.24, 2.45) is 5.92 Å². The molecule has 0 radical (unpaired) electrons. The number of halogens is 1. The van der Waals surface area contributed by atoms with Gasteiger partial charge in [-0.1, -0.05) is 13.8 Å². The summed E-state index contributed by atoms with van der Waals surface area (Å²) in [5, 5.41) is 8.99. The molecule has 1 aliphatic heterocycles. The summed E-state index contributed by atoms with van der Waals surface area (Å²) in [5.74, 6) is -0.338. The predicted octanol–water partition coefficient (Wildman–Crippen LogP) is 0.717. The summed E-state index contributed by atoms with van der Waals surface area (Å²) in [6.45, 7) is 3.20. The first kappa shape index (κ1) is 15.6. The van der Waals surface area contributed by atoms with Gasteiger partial charge in [0.25, 0.3) is 0 Å². The van der Waals surface area contributed by atoms with E-state index in [1.165, 1.54) is 16.8 Å². The highest BCUT2D eigenvalue weighted by Gasteiger charge is 2.36. The van der Waals surface area contributed by atoms with Gasteiger partial charge < -0.3 is 15.6 Å². The molecule has 0 amide bonds. The van der Waals surface area contributed by atoms with Crippen LogP contribution in [0, 0.1) is 5.92 Å². The SMILES string of the molecule is CC.Nc1ccn(C2OC(CO)CC2CF)c(=O)n1. The van der Waals surface area contributed by atoms with Gasteiger partial charge in [-0.05, 0) is 12.5 Å². The molecule has 3 N–H and O–H groups in total. The first-order chi connectivity index (χ1) is 9.15. The van der Waals surface area contributed by atoms with E-state index in [0.29, 0.717) is 6.42 Å². The maximum absolute atomic E-state index is 12.8. The van der Waals surface area contributed by atoms with Crippen molar-refractivity contribution >= 4 is 5.82 Å². The number of aliphatic hydroxyl groups excluding tert-OH is 1. The van der Waals surface area contributed by atoms with Gasteiger partial charge in [0.15, 0.2) is 0 Å². The average molecular weight is 273 g/mol. The van der Waals surface area contributed by atoms with E-state index < -0.39 is 30.6 Å². The van der Waals surface area contributed by atoms with E-state index in [-0.39, 0.29) is 12.4 Å².